The second-order valence-corrected chi connectivity index (χ2v) is 7.79. The first-order valence-corrected chi connectivity index (χ1v) is 9.60. The van der Waals surface area contributed by atoms with Gasteiger partial charge < -0.3 is 9.32 Å². The molecule has 4 heteroatoms. The van der Waals surface area contributed by atoms with Crippen LogP contribution in [0.4, 0.5) is 0 Å². The molecule has 2 aliphatic carbocycles. The number of rotatable bonds is 9. The maximum Gasteiger partial charge on any atom is 0.237 e. The van der Waals surface area contributed by atoms with Crippen LogP contribution >= 0.6 is 0 Å². The van der Waals surface area contributed by atoms with Crippen molar-refractivity contribution in [1.29, 1.82) is 0 Å². The topological polar surface area (TPSA) is 36.7 Å². The van der Waals surface area contributed by atoms with Crippen LogP contribution in [0, 0.1) is 12.8 Å². The fourth-order valence-corrected chi connectivity index (χ4v) is 3.47. The van der Waals surface area contributed by atoms with Gasteiger partial charge in [0.05, 0.1) is 13.1 Å². The molecule has 2 atom stereocenters. The molecular formula is C20H32N2O2. The van der Waals surface area contributed by atoms with Crippen molar-refractivity contribution in [1.82, 2.24) is 9.80 Å². The fourth-order valence-electron chi connectivity index (χ4n) is 3.47. The van der Waals surface area contributed by atoms with Gasteiger partial charge in [0.1, 0.15) is 11.5 Å². The molecule has 0 bridgehead atoms. The maximum absolute atomic E-state index is 13.0. The predicted octanol–water partition coefficient (Wildman–Crippen LogP) is 3.98. The zero-order valence-electron chi connectivity index (χ0n) is 15.6. The number of hydrogen-bond donors (Lipinski definition) is 0. The van der Waals surface area contributed by atoms with Gasteiger partial charge in [-0.05, 0) is 57.6 Å². The molecule has 1 heterocycles. The summed E-state index contributed by atoms with van der Waals surface area (Å²) in [6.45, 7) is 9.96. The summed E-state index contributed by atoms with van der Waals surface area (Å²) in [7, 11) is 0. The zero-order chi connectivity index (χ0) is 17.3. The molecular weight excluding hydrogens is 300 g/mol. The van der Waals surface area contributed by atoms with Crippen molar-refractivity contribution in [2.24, 2.45) is 5.92 Å². The molecule has 0 aliphatic heterocycles. The van der Waals surface area contributed by atoms with E-state index in [4.69, 9.17) is 4.42 Å². The Morgan fingerprint density at radius 3 is 2.38 bits per heavy atom. The predicted molar refractivity (Wildman–Crippen MR) is 95.7 cm³/mol. The molecule has 4 nitrogen and oxygen atoms in total. The molecule has 2 fully saturated rings. The third-order valence-corrected chi connectivity index (χ3v) is 5.75. The normalized spacial score (nSPS) is 20.2. The Bertz CT molecular complexity index is 560. The highest BCUT2D eigenvalue weighted by Gasteiger charge is 2.38. The van der Waals surface area contributed by atoms with Gasteiger partial charge in [0, 0.05) is 18.1 Å². The summed E-state index contributed by atoms with van der Waals surface area (Å²) in [5, 5.41) is 0. The molecule has 2 unspecified atom stereocenters. The Kier molecular flexibility index (Phi) is 5.33. The highest BCUT2D eigenvalue weighted by atomic mass is 16.3. The van der Waals surface area contributed by atoms with Crippen molar-refractivity contribution in [3.05, 3.63) is 23.7 Å². The monoisotopic (exact) mass is 332 g/mol. The molecule has 0 saturated heterocycles. The lowest BCUT2D eigenvalue weighted by atomic mass is 9.99. The van der Waals surface area contributed by atoms with Gasteiger partial charge in [-0.3, -0.25) is 9.69 Å². The van der Waals surface area contributed by atoms with Crippen molar-refractivity contribution in [3.8, 4) is 0 Å². The second kappa shape index (κ2) is 7.30. The highest BCUT2D eigenvalue weighted by molar-refractivity contribution is 5.79. The number of aryl methyl sites for hydroxylation is 1. The van der Waals surface area contributed by atoms with E-state index >= 15 is 0 Å². The van der Waals surface area contributed by atoms with Crippen molar-refractivity contribution in [2.75, 3.05) is 6.54 Å². The maximum atomic E-state index is 13.0. The van der Waals surface area contributed by atoms with E-state index in [1.165, 1.54) is 12.8 Å². The van der Waals surface area contributed by atoms with Crippen molar-refractivity contribution in [2.45, 2.75) is 84.5 Å². The zero-order valence-corrected chi connectivity index (χ0v) is 15.6. The molecule has 3 rings (SSSR count). The first-order chi connectivity index (χ1) is 11.5. The number of amides is 1. The SMILES string of the molecule is CCC(C)C(C)N(CC(=O)N(Cc1ccc(C)o1)C1CC1)C1CC1. The van der Waals surface area contributed by atoms with Gasteiger partial charge in [-0.2, -0.15) is 0 Å². The van der Waals surface area contributed by atoms with Crippen molar-refractivity contribution < 1.29 is 9.21 Å². The molecule has 0 radical (unpaired) electrons. The van der Waals surface area contributed by atoms with Crippen LogP contribution in [-0.4, -0.2) is 40.4 Å². The van der Waals surface area contributed by atoms with E-state index in [1.54, 1.807) is 0 Å². The summed E-state index contributed by atoms with van der Waals surface area (Å²) in [6.07, 6.45) is 5.92. The third-order valence-electron chi connectivity index (χ3n) is 5.75. The van der Waals surface area contributed by atoms with E-state index in [2.05, 4.69) is 30.6 Å². The van der Waals surface area contributed by atoms with E-state index in [0.717, 1.165) is 30.8 Å². The van der Waals surface area contributed by atoms with Crippen LogP contribution in [-0.2, 0) is 11.3 Å². The summed E-state index contributed by atoms with van der Waals surface area (Å²) in [6, 6.07) is 5.48. The fraction of sp³-hybridized carbons (Fsp3) is 0.750. The lowest BCUT2D eigenvalue weighted by Crippen LogP contribution is -2.47. The van der Waals surface area contributed by atoms with E-state index in [0.29, 0.717) is 37.1 Å². The number of carbonyl (C=O) groups excluding carboxylic acids is 1. The number of nitrogens with zero attached hydrogens (tertiary/aromatic N) is 2. The van der Waals surface area contributed by atoms with E-state index in [9.17, 15) is 4.79 Å². The van der Waals surface area contributed by atoms with Crippen LogP contribution in [0.3, 0.4) is 0 Å². The Hall–Kier alpha value is -1.29. The van der Waals surface area contributed by atoms with Crippen LogP contribution in [0.25, 0.3) is 0 Å². The number of furan rings is 1. The largest absolute Gasteiger partial charge is 0.464 e. The second-order valence-electron chi connectivity index (χ2n) is 7.79. The van der Waals surface area contributed by atoms with Crippen LogP contribution in [0.15, 0.2) is 16.5 Å². The number of hydrogen-bond acceptors (Lipinski definition) is 3. The highest BCUT2D eigenvalue weighted by Crippen LogP contribution is 2.33. The molecule has 0 N–H and O–H groups in total. The molecule has 1 amide bonds. The van der Waals surface area contributed by atoms with Crippen molar-refractivity contribution in [3.63, 3.8) is 0 Å². The molecule has 2 aliphatic rings. The molecule has 2 saturated carbocycles. The Morgan fingerprint density at radius 1 is 1.21 bits per heavy atom. The molecule has 1 aromatic rings. The summed E-state index contributed by atoms with van der Waals surface area (Å²) in [5.74, 6) is 2.72. The molecule has 134 valence electrons. The average molecular weight is 332 g/mol. The Labute approximate surface area is 146 Å². The minimum Gasteiger partial charge on any atom is -0.464 e. The van der Waals surface area contributed by atoms with Gasteiger partial charge >= 0.3 is 0 Å². The summed E-state index contributed by atoms with van der Waals surface area (Å²) >= 11 is 0. The van der Waals surface area contributed by atoms with Gasteiger partial charge in [0.25, 0.3) is 0 Å². The lowest BCUT2D eigenvalue weighted by Gasteiger charge is -2.34. The van der Waals surface area contributed by atoms with Crippen LogP contribution in [0.1, 0.15) is 64.4 Å². The van der Waals surface area contributed by atoms with Gasteiger partial charge in [-0.1, -0.05) is 20.3 Å². The minimum absolute atomic E-state index is 0.272. The van der Waals surface area contributed by atoms with Gasteiger partial charge in [0.15, 0.2) is 0 Å². The number of carbonyl (C=O) groups is 1. The van der Waals surface area contributed by atoms with Gasteiger partial charge in [-0.25, -0.2) is 0 Å². The third kappa shape index (κ3) is 4.21. The molecule has 0 aromatic carbocycles. The molecule has 0 spiro atoms. The minimum atomic E-state index is 0.272. The first kappa shape index (κ1) is 17.5. The standard InChI is InChI=1S/C20H32N2O2/c1-5-14(2)16(4)21(17-7-8-17)13-20(23)22(18-9-10-18)12-19-11-6-15(3)24-19/h6,11,14,16-18H,5,7-10,12-13H2,1-4H3. The summed E-state index contributed by atoms with van der Waals surface area (Å²) in [5.41, 5.74) is 0. The molecule has 1 aromatic heterocycles. The van der Waals surface area contributed by atoms with Crippen LogP contribution < -0.4 is 0 Å². The van der Waals surface area contributed by atoms with E-state index in [1.807, 2.05) is 19.1 Å². The Balaban J connectivity index is 1.65. The van der Waals surface area contributed by atoms with Gasteiger partial charge in [-0.15, -0.1) is 0 Å². The lowest BCUT2D eigenvalue weighted by molar-refractivity contribution is -0.135. The smallest absolute Gasteiger partial charge is 0.237 e. The van der Waals surface area contributed by atoms with Crippen LogP contribution in [0.2, 0.25) is 0 Å². The van der Waals surface area contributed by atoms with Crippen molar-refractivity contribution >= 4 is 5.91 Å². The van der Waals surface area contributed by atoms with Crippen LogP contribution in [0.5, 0.6) is 0 Å². The van der Waals surface area contributed by atoms with E-state index in [-0.39, 0.29) is 5.91 Å². The molecule has 24 heavy (non-hydrogen) atoms. The van der Waals surface area contributed by atoms with Gasteiger partial charge in [0.2, 0.25) is 5.91 Å². The van der Waals surface area contributed by atoms with E-state index < -0.39 is 0 Å². The first-order valence-electron chi connectivity index (χ1n) is 9.60. The summed E-state index contributed by atoms with van der Waals surface area (Å²) < 4.78 is 5.70. The average Bonchev–Trinajstić information content (AvgIpc) is 3.48. The quantitative estimate of drug-likeness (QED) is 0.686. The summed E-state index contributed by atoms with van der Waals surface area (Å²) in [4.78, 5) is 17.5. The Morgan fingerprint density at radius 2 is 1.88 bits per heavy atom.